The molecule has 2 unspecified atom stereocenters. The summed E-state index contributed by atoms with van der Waals surface area (Å²) in [6, 6.07) is 1.77. The quantitative estimate of drug-likeness (QED) is 0.870. The fourth-order valence-corrected chi connectivity index (χ4v) is 2.86. The molecule has 2 N–H and O–H groups in total. The molecule has 1 saturated carbocycles. The monoisotopic (exact) mass is 279 g/mol. The normalized spacial score (nSPS) is 19.9. The fourth-order valence-electron chi connectivity index (χ4n) is 2.86. The minimum Gasteiger partial charge on any atom is -0.489 e. The Bertz CT molecular complexity index is 416. The van der Waals surface area contributed by atoms with E-state index in [1.165, 1.54) is 6.42 Å². The highest BCUT2D eigenvalue weighted by atomic mass is 16.5. The van der Waals surface area contributed by atoms with Gasteiger partial charge in [0.2, 0.25) is 0 Å². The van der Waals surface area contributed by atoms with E-state index in [1.807, 2.05) is 13.8 Å². The van der Waals surface area contributed by atoms with Gasteiger partial charge in [0.15, 0.2) is 0 Å². The molecule has 1 aliphatic rings. The maximum absolute atomic E-state index is 10.4. The van der Waals surface area contributed by atoms with E-state index in [2.05, 4.69) is 4.98 Å². The zero-order chi connectivity index (χ0) is 14.5. The molecule has 2 atom stereocenters. The van der Waals surface area contributed by atoms with Gasteiger partial charge in [0.25, 0.3) is 0 Å². The molecule has 0 amide bonds. The highest BCUT2D eigenvalue weighted by molar-refractivity contribution is 5.26. The number of rotatable bonds is 5. The van der Waals surface area contributed by atoms with Crippen molar-refractivity contribution in [2.24, 2.45) is 5.92 Å². The van der Waals surface area contributed by atoms with Crippen molar-refractivity contribution in [3.63, 3.8) is 0 Å². The summed E-state index contributed by atoms with van der Waals surface area (Å²) in [5.74, 6) is 0.820. The highest BCUT2D eigenvalue weighted by Gasteiger charge is 2.29. The Labute approximate surface area is 120 Å². The van der Waals surface area contributed by atoms with Crippen LogP contribution in [0, 0.1) is 5.92 Å². The Balaban J connectivity index is 2.05. The van der Waals surface area contributed by atoms with Crippen LogP contribution in [0.3, 0.4) is 0 Å². The first-order valence-corrected chi connectivity index (χ1v) is 7.55. The van der Waals surface area contributed by atoms with Gasteiger partial charge in [-0.15, -0.1) is 0 Å². The lowest BCUT2D eigenvalue weighted by Crippen LogP contribution is -2.29. The molecule has 0 bridgehead atoms. The van der Waals surface area contributed by atoms with E-state index in [9.17, 15) is 10.2 Å². The molecule has 2 rings (SSSR count). The van der Waals surface area contributed by atoms with Gasteiger partial charge in [-0.1, -0.05) is 19.3 Å². The van der Waals surface area contributed by atoms with Gasteiger partial charge in [-0.3, -0.25) is 4.98 Å². The Morgan fingerprint density at radius 2 is 1.85 bits per heavy atom. The molecule has 112 valence electrons. The van der Waals surface area contributed by atoms with Gasteiger partial charge < -0.3 is 14.9 Å². The van der Waals surface area contributed by atoms with Gasteiger partial charge in [-0.2, -0.15) is 0 Å². The third-order valence-electron chi connectivity index (χ3n) is 3.90. The molecular weight excluding hydrogens is 254 g/mol. The Hall–Kier alpha value is -1.13. The standard InChI is InChI=1S/C16H25NO3/c1-11(2)20-14-8-13(9-17-10-14)16(19)15(18)12-6-4-3-5-7-12/h8-12,15-16,18-19H,3-7H2,1-2H3. The van der Waals surface area contributed by atoms with Crippen LogP contribution in [-0.2, 0) is 0 Å². The number of hydrogen-bond acceptors (Lipinski definition) is 4. The van der Waals surface area contributed by atoms with E-state index in [1.54, 1.807) is 18.5 Å². The summed E-state index contributed by atoms with van der Waals surface area (Å²) in [7, 11) is 0. The average Bonchev–Trinajstić information content (AvgIpc) is 2.46. The van der Waals surface area contributed by atoms with E-state index >= 15 is 0 Å². The van der Waals surface area contributed by atoms with E-state index in [0.717, 1.165) is 25.7 Å². The molecule has 1 heterocycles. The topological polar surface area (TPSA) is 62.6 Å². The highest BCUT2D eigenvalue weighted by Crippen LogP contribution is 2.32. The fraction of sp³-hybridized carbons (Fsp3) is 0.688. The molecule has 4 heteroatoms. The first-order chi connectivity index (χ1) is 9.58. The summed E-state index contributed by atoms with van der Waals surface area (Å²) in [6.07, 6.45) is 7.19. The predicted octanol–water partition coefficient (Wildman–Crippen LogP) is 2.84. The van der Waals surface area contributed by atoms with Crippen LogP contribution in [-0.4, -0.2) is 27.4 Å². The largest absolute Gasteiger partial charge is 0.489 e. The van der Waals surface area contributed by atoms with Gasteiger partial charge >= 0.3 is 0 Å². The number of aliphatic hydroxyl groups excluding tert-OH is 2. The van der Waals surface area contributed by atoms with E-state index in [0.29, 0.717) is 11.3 Å². The van der Waals surface area contributed by atoms with Crippen LogP contribution in [0.15, 0.2) is 18.5 Å². The Morgan fingerprint density at radius 1 is 1.15 bits per heavy atom. The lowest BCUT2D eigenvalue weighted by atomic mass is 9.82. The zero-order valence-electron chi connectivity index (χ0n) is 12.3. The molecule has 1 aromatic rings. The van der Waals surface area contributed by atoms with E-state index < -0.39 is 12.2 Å². The average molecular weight is 279 g/mol. The van der Waals surface area contributed by atoms with Gasteiger partial charge in [0.1, 0.15) is 11.9 Å². The van der Waals surface area contributed by atoms with Crippen molar-refractivity contribution >= 4 is 0 Å². The summed E-state index contributed by atoms with van der Waals surface area (Å²) in [6.45, 7) is 3.89. The maximum Gasteiger partial charge on any atom is 0.138 e. The molecule has 20 heavy (non-hydrogen) atoms. The Morgan fingerprint density at radius 3 is 2.50 bits per heavy atom. The summed E-state index contributed by atoms with van der Waals surface area (Å²) in [5.41, 5.74) is 0.626. The summed E-state index contributed by atoms with van der Waals surface area (Å²) in [5, 5.41) is 20.7. The van der Waals surface area contributed by atoms with Crippen LogP contribution >= 0.6 is 0 Å². The molecule has 1 fully saturated rings. The Kier molecular flexibility index (Phi) is 5.38. The molecule has 4 nitrogen and oxygen atoms in total. The number of pyridine rings is 1. The number of aromatic nitrogens is 1. The van der Waals surface area contributed by atoms with Crippen LogP contribution in [0.25, 0.3) is 0 Å². The predicted molar refractivity (Wildman–Crippen MR) is 77.5 cm³/mol. The van der Waals surface area contributed by atoms with E-state index in [4.69, 9.17) is 4.74 Å². The van der Waals surface area contributed by atoms with Gasteiger partial charge in [0, 0.05) is 11.8 Å². The SMILES string of the molecule is CC(C)Oc1cncc(C(O)C(O)C2CCCCC2)c1. The number of hydrogen-bond donors (Lipinski definition) is 2. The van der Waals surface area contributed by atoms with Crippen molar-refractivity contribution in [1.29, 1.82) is 0 Å². The molecule has 1 aromatic heterocycles. The third-order valence-corrected chi connectivity index (χ3v) is 3.90. The lowest BCUT2D eigenvalue weighted by molar-refractivity contribution is -0.0288. The molecule has 1 aliphatic carbocycles. The van der Waals surface area contributed by atoms with Crippen molar-refractivity contribution in [2.75, 3.05) is 0 Å². The smallest absolute Gasteiger partial charge is 0.138 e. The third kappa shape index (κ3) is 3.93. The zero-order valence-corrected chi connectivity index (χ0v) is 12.3. The van der Waals surface area contributed by atoms with E-state index in [-0.39, 0.29) is 12.0 Å². The van der Waals surface area contributed by atoms with Crippen molar-refractivity contribution < 1.29 is 14.9 Å². The summed E-state index contributed by atoms with van der Waals surface area (Å²) >= 11 is 0. The first kappa shape index (κ1) is 15.3. The lowest BCUT2D eigenvalue weighted by Gasteiger charge is -2.29. The minimum atomic E-state index is -0.888. The molecule has 0 radical (unpaired) electrons. The second-order valence-corrected chi connectivity index (χ2v) is 5.95. The van der Waals surface area contributed by atoms with Crippen molar-refractivity contribution in [2.45, 2.75) is 64.3 Å². The van der Waals surface area contributed by atoms with Crippen molar-refractivity contribution in [3.8, 4) is 5.75 Å². The van der Waals surface area contributed by atoms with Crippen LogP contribution in [0.4, 0.5) is 0 Å². The number of nitrogens with zero attached hydrogens (tertiary/aromatic N) is 1. The van der Waals surface area contributed by atoms with Crippen LogP contribution in [0.5, 0.6) is 5.75 Å². The number of ether oxygens (including phenoxy) is 1. The van der Waals surface area contributed by atoms with Crippen LogP contribution < -0.4 is 4.74 Å². The maximum atomic E-state index is 10.4. The summed E-state index contributed by atoms with van der Waals surface area (Å²) < 4.78 is 5.57. The molecule has 0 aromatic carbocycles. The van der Waals surface area contributed by atoms with Crippen molar-refractivity contribution in [1.82, 2.24) is 4.98 Å². The minimum absolute atomic E-state index is 0.0625. The second kappa shape index (κ2) is 7.04. The second-order valence-electron chi connectivity index (χ2n) is 5.95. The summed E-state index contributed by atoms with van der Waals surface area (Å²) in [4.78, 5) is 4.09. The number of aliphatic hydroxyl groups is 2. The van der Waals surface area contributed by atoms with Crippen LogP contribution in [0.2, 0.25) is 0 Å². The van der Waals surface area contributed by atoms with Gasteiger partial charge in [-0.05, 0) is 38.7 Å². The van der Waals surface area contributed by atoms with Crippen molar-refractivity contribution in [3.05, 3.63) is 24.0 Å². The molecule has 0 aliphatic heterocycles. The molecule has 0 saturated heterocycles. The molecule has 0 spiro atoms. The van der Waals surface area contributed by atoms with Crippen LogP contribution in [0.1, 0.15) is 57.6 Å². The van der Waals surface area contributed by atoms with Gasteiger partial charge in [-0.25, -0.2) is 0 Å². The molecular formula is C16H25NO3. The van der Waals surface area contributed by atoms with Gasteiger partial charge in [0.05, 0.1) is 18.4 Å². The first-order valence-electron chi connectivity index (χ1n) is 7.55.